The van der Waals surface area contributed by atoms with E-state index in [1.807, 2.05) is 13.0 Å². The normalized spacial score (nSPS) is 19.8. The number of nitrogens with zero attached hydrogens (tertiary/aromatic N) is 1. The summed E-state index contributed by atoms with van der Waals surface area (Å²) in [5.41, 5.74) is 3.07. The van der Waals surface area contributed by atoms with Gasteiger partial charge < -0.3 is 9.64 Å². The Balaban J connectivity index is 1.74. The van der Waals surface area contributed by atoms with Crippen LogP contribution < -0.4 is 0 Å². The fourth-order valence-electron chi connectivity index (χ4n) is 2.90. The third-order valence-electron chi connectivity index (χ3n) is 3.89. The van der Waals surface area contributed by atoms with Gasteiger partial charge in [-0.1, -0.05) is 23.8 Å². The number of carbonyl (C=O) groups excluding carboxylic acids is 1. The maximum atomic E-state index is 11.8. The molecule has 0 aromatic heterocycles. The molecule has 6 heteroatoms. The standard InChI is InChI=1S/C14H17NO4S/c1-10-3-4-12-11(5-10)6-19-14(12)8-15(9-14)13(16)7-20(2,17)18/h3-5H,6-9H2,1-2H3. The van der Waals surface area contributed by atoms with E-state index in [4.69, 9.17) is 4.74 Å². The molecule has 0 saturated carbocycles. The number of amides is 1. The van der Waals surface area contributed by atoms with E-state index in [1.54, 1.807) is 4.90 Å². The third kappa shape index (κ3) is 2.23. The predicted molar refractivity (Wildman–Crippen MR) is 73.9 cm³/mol. The van der Waals surface area contributed by atoms with Crippen molar-refractivity contribution in [1.82, 2.24) is 4.90 Å². The van der Waals surface area contributed by atoms with Gasteiger partial charge >= 0.3 is 0 Å². The number of rotatable bonds is 2. The number of hydrogen-bond donors (Lipinski definition) is 0. The van der Waals surface area contributed by atoms with Crippen molar-refractivity contribution >= 4 is 15.7 Å². The number of carbonyl (C=O) groups is 1. The number of aryl methyl sites for hydroxylation is 1. The molecule has 1 saturated heterocycles. The van der Waals surface area contributed by atoms with Gasteiger partial charge in [0, 0.05) is 6.26 Å². The van der Waals surface area contributed by atoms with Crippen molar-refractivity contribution in [3.63, 3.8) is 0 Å². The lowest BCUT2D eigenvalue weighted by Crippen LogP contribution is -2.62. The molecule has 2 aliphatic rings. The van der Waals surface area contributed by atoms with E-state index in [9.17, 15) is 13.2 Å². The van der Waals surface area contributed by atoms with E-state index in [2.05, 4.69) is 12.1 Å². The summed E-state index contributed by atoms with van der Waals surface area (Å²) in [4.78, 5) is 13.4. The highest BCUT2D eigenvalue weighted by molar-refractivity contribution is 7.91. The zero-order valence-corrected chi connectivity index (χ0v) is 12.4. The summed E-state index contributed by atoms with van der Waals surface area (Å²) < 4.78 is 28.2. The summed E-state index contributed by atoms with van der Waals surface area (Å²) in [7, 11) is -3.28. The van der Waals surface area contributed by atoms with Crippen molar-refractivity contribution in [3.05, 3.63) is 34.9 Å². The highest BCUT2D eigenvalue weighted by atomic mass is 32.2. The molecule has 1 amide bonds. The average Bonchev–Trinajstić information content (AvgIpc) is 2.62. The summed E-state index contributed by atoms with van der Waals surface area (Å²) in [6.45, 7) is 3.48. The molecule has 3 rings (SSSR count). The van der Waals surface area contributed by atoms with E-state index in [1.165, 1.54) is 11.1 Å². The zero-order valence-electron chi connectivity index (χ0n) is 11.5. The van der Waals surface area contributed by atoms with E-state index in [0.29, 0.717) is 19.7 Å². The SMILES string of the molecule is Cc1ccc2c(c1)COC21CN(C(=O)CS(C)(=O)=O)C1. The molecule has 1 aromatic rings. The van der Waals surface area contributed by atoms with Crippen LogP contribution >= 0.6 is 0 Å². The van der Waals surface area contributed by atoms with Crippen molar-refractivity contribution in [2.45, 2.75) is 19.1 Å². The first-order valence-corrected chi connectivity index (χ1v) is 8.55. The van der Waals surface area contributed by atoms with Crippen LogP contribution in [0.4, 0.5) is 0 Å². The first kappa shape index (κ1) is 13.6. The quantitative estimate of drug-likeness (QED) is 0.802. The van der Waals surface area contributed by atoms with E-state index >= 15 is 0 Å². The van der Waals surface area contributed by atoms with Crippen molar-refractivity contribution in [1.29, 1.82) is 0 Å². The molecule has 20 heavy (non-hydrogen) atoms. The molecule has 2 heterocycles. The number of benzene rings is 1. The van der Waals surface area contributed by atoms with Crippen LogP contribution in [0, 0.1) is 6.92 Å². The number of fused-ring (bicyclic) bond motifs is 2. The Labute approximate surface area is 118 Å². The second-order valence-corrected chi connectivity index (χ2v) is 7.90. The van der Waals surface area contributed by atoms with Crippen molar-refractivity contribution < 1.29 is 17.9 Å². The van der Waals surface area contributed by atoms with E-state index in [-0.39, 0.29) is 5.91 Å². The lowest BCUT2D eigenvalue weighted by molar-refractivity contribution is -0.166. The lowest BCUT2D eigenvalue weighted by Gasteiger charge is -2.47. The topological polar surface area (TPSA) is 63.7 Å². The smallest absolute Gasteiger partial charge is 0.237 e. The second kappa shape index (κ2) is 4.30. The van der Waals surface area contributed by atoms with Crippen LogP contribution in [0.2, 0.25) is 0 Å². The van der Waals surface area contributed by atoms with Gasteiger partial charge in [0.15, 0.2) is 9.84 Å². The van der Waals surface area contributed by atoms with Crippen molar-refractivity contribution in [2.75, 3.05) is 25.1 Å². The summed E-state index contributed by atoms with van der Waals surface area (Å²) in [5.74, 6) is -0.772. The van der Waals surface area contributed by atoms with Crippen LogP contribution in [-0.4, -0.2) is 44.3 Å². The fourth-order valence-corrected chi connectivity index (χ4v) is 3.54. The molecule has 0 radical (unpaired) electrons. The van der Waals surface area contributed by atoms with Gasteiger partial charge in [0.1, 0.15) is 11.4 Å². The molecule has 0 atom stereocenters. The second-order valence-electron chi connectivity index (χ2n) is 5.76. The lowest BCUT2D eigenvalue weighted by atomic mass is 9.85. The summed E-state index contributed by atoms with van der Waals surface area (Å²) >= 11 is 0. The molecule has 1 fully saturated rings. The Bertz CT molecular complexity index is 674. The van der Waals surface area contributed by atoms with Crippen LogP contribution in [0.25, 0.3) is 0 Å². The first-order chi connectivity index (χ1) is 9.29. The average molecular weight is 295 g/mol. The van der Waals surface area contributed by atoms with Gasteiger partial charge in [0.05, 0.1) is 19.7 Å². The van der Waals surface area contributed by atoms with Gasteiger partial charge in [-0.2, -0.15) is 0 Å². The number of sulfone groups is 1. The van der Waals surface area contributed by atoms with Gasteiger partial charge in [0.2, 0.25) is 5.91 Å². The molecule has 5 nitrogen and oxygen atoms in total. The van der Waals surface area contributed by atoms with Crippen LogP contribution in [0.15, 0.2) is 18.2 Å². The maximum Gasteiger partial charge on any atom is 0.237 e. The number of ether oxygens (including phenoxy) is 1. The van der Waals surface area contributed by atoms with Crippen LogP contribution in [-0.2, 0) is 31.6 Å². The van der Waals surface area contributed by atoms with Gasteiger partial charge in [0.25, 0.3) is 0 Å². The van der Waals surface area contributed by atoms with Crippen LogP contribution in [0.5, 0.6) is 0 Å². The van der Waals surface area contributed by atoms with Crippen LogP contribution in [0.1, 0.15) is 16.7 Å². The maximum absolute atomic E-state index is 11.8. The Morgan fingerprint density at radius 2 is 2.10 bits per heavy atom. The zero-order chi connectivity index (χ0) is 14.5. The monoisotopic (exact) mass is 295 g/mol. The molecular weight excluding hydrogens is 278 g/mol. The molecule has 0 N–H and O–H groups in total. The first-order valence-electron chi connectivity index (χ1n) is 6.49. The Hall–Kier alpha value is -1.40. The summed E-state index contributed by atoms with van der Waals surface area (Å²) in [6.07, 6.45) is 1.07. The molecular formula is C14H17NO4S. The third-order valence-corrected chi connectivity index (χ3v) is 4.66. The van der Waals surface area contributed by atoms with Crippen LogP contribution in [0.3, 0.4) is 0 Å². The van der Waals surface area contributed by atoms with Gasteiger partial charge in [-0.25, -0.2) is 8.42 Å². The Kier molecular flexibility index (Phi) is 2.92. The molecule has 2 aliphatic heterocycles. The largest absolute Gasteiger partial charge is 0.362 e. The molecule has 1 spiro atoms. The molecule has 108 valence electrons. The summed E-state index contributed by atoms with van der Waals surface area (Å²) in [6, 6.07) is 6.19. The van der Waals surface area contributed by atoms with Crippen molar-refractivity contribution in [2.24, 2.45) is 0 Å². The minimum atomic E-state index is -3.28. The molecule has 0 aliphatic carbocycles. The van der Waals surface area contributed by atoms with Gasteiger partial charge in [-0.15, -0.1) is 0 Å². The number of likely N-dealkylation sites (tertiary alicyclic amines) is 1. The summed E-state index contributed by atoms with van der Waals surface area (Å²) in [5, 5.41) is 0. The highest BCUT2D eigenvalue weighted by Gasteiger charge is 2.51. The molecule has 1 aromatic carbocycles. The van der Waals surface area contributed by atoms with Gasteiger partial charge in [-0.05, 0) is 18.1 Å². The van der Waals surface area contributed by atoms with E-state index in [0.717, 1.165) is 11.8 Å². The fraction of sp³-hybridized carbons (Fsp3) is 0.500. The minimum Gasteiger partial charge on any atom is -0.362 e. The Morgan fingerprint density at radius 1 is 1.40 bits per heavy atom. The molecule has 0 unspecified atom stereocenters. The van der Waals surface area contributed by atoms with Gasteiger partial charge in [-0.3, -0.25) is 4.79 Å². The predicted octanol–water partition coefficient (Wildman–Crippen LogP) is 0.607. The van der Waals surface area contributed by atoms with Crippen molar-refractivity contribution in [3.8, 4) is 0 Å². The highest BCUT2D eigenvalue weighted by Crippen LogP contribution is 2.43. The van der Waals surface area contributed by atoms with E-state index < -0.39 is 21.2 Å². The minimum absolute atomic E-state index is 0.345. The number of hydrogen-bond acceptors (Lipinski definition) is 4. The Morgan fingerprint density at radius 3 is 2.75 bits per heavy atom. The molecule has 0 bridgehead atoms.